The number of ketones is 2. The topological polar surface area (TPSA) is 108 Å². The summed E-state index contributed by atoms with van der Waals surface area (Å²) in [6, 6.07) is 10.8. The third kappa shape index (κ3) is 3.30. The number of nitrogens with one attached hydrogen (secondary N) is 1. The first-order valence-electron chi connectivity index (χ1n) is 9.25. The van der Waals surface area contributed by atoms with Gasteiger partial charge in [-0.25, -0.2) is 9.59 Å². The second kappa shape index (κ2) is 7.98. The summed E-state index contributed by atoms with van der Waals surface area (Å²) >= 11 is 0. The fourth-order valence-electron chi connectivity index (χ4n) is 3.35. The molecular weight excluding hydrogens is 390 g/mol. The molecule has 0 heterocycles. The minimum Gasteiger partial charge on any atom is -0.437 e. The van der Waals surface area contributed by atoms with Gasteiger partial charge in [0.1, 0.15) is 5.75 Å². The van der Waals surface area contributed by atoms with Crippen LogP contribution in [0.2, 0.25) is 0 Å². The lowest BCUT2D eigenvalue weighted by Gasteiger charge is -2.28. The lowest BCUT2D eigenvalue weighted by molar-refractivity contribution is 0.0183. The number of alkyl carbamates (subject to hydrolysis) is 1. The lowest BCUT2D eigenvalue weighted by Crippen LogP contribution is -2.45. The van der Waals surface area contributed by atoms with Gasteiger partial charge in [0, 0.05) is 18.2 Å². The van der Waals surface area contributed by atoms with Gasteiger partial charge < -0.3 is 19.5 Å². The van der Waals surface area contributed by atoms with E-state index < -0.39 is 29.4 Å². The van der Waals surface area contributed by atoms with Gasteiger partial charge >= 0.3 is 12.2 Å². The molecule has 0 fully saturated rings. The van der Waals surface area contributed by atoms with E-state index in [1.807, 2.05) is 13.8 Å². The number of methoxy groups -OCH3 is 1. The zero-order chi connectivity index (χ0) is 22.1. The number of carbonyl (C=O) groups is 4. The van der Waals surface area contributed by atoms with Crippen molar-refractivity contribution in [3.63, 3.8) is 0 Å². The second-order valence-corrected chi connectivity index (χ2v) is 6.99. The highest BCUT2D eigenvalue weighted by Crippen LogP contribution is 2.45. The third-order valence-corrected chi connectivity index (χ3v) is 4.92. The Morgan fingerprint density at radius 2 is 1.60 bits per heavy atom. The van der Waals surface area contributed by atoms with Crippen LogP contribution in [0, 0.1) is 0 Å². The predicted molar refractivity (Wildman–Crippen MR) is 106 cm³/mol. The molecule has 1 amide bonds. The predicted octanol–water partition coefficient (Wildman–Crippen LogP) is 3.59. The van der Waals surface area contributed by atoms with E-state index in [0.29, 0.717) is 0 Å². The van der Waals surface area contributed by atoms with Crippen molar-refractivity contribution in [3.8, 4) is 5.75 Å². The van der Waals surface area contributed by atoms with Crippen LogP contribution in [0.15, 0.2) is 42.5 Å². The summed E-state index contributed by atoms with van der Waals surface area (Å²) < 4.78 is 15.2. The largest absolute Gasteiger partial charge is 0.513 e. The zero-order valence-electron chi connectivity index (χ0n) is 17.0. The molecule has 1 aliphatic carbocycles. The van der Waals surface area contributed by atoms with Crippen molar-refractivity contribution in [2.75, 3.05) is 14.2 Å². The van der Waals surface area contributed by atoms with Crippen molar-refractivity contribution >= 4 is 23.8 Å². The van der Waals surface area contributed by atoms with Gasteiger partial charge in [-0.05, 0) is 23.6 Å². The zero-order valence-corrected chi connectivity index (χ0v) is 17.0. The van der Waals surface area contributed by atoms with Gasteiger partial charge in [-0.3, -0.25) is 9.59 Å². The standard InChI is InChI=1S/C22H21NO7/c1-12(2)13-9-10-16(17(11-13)29-21(27)28-4)22(30-20(26)23-3)18(24)14-7-5-6-8-15(14)19(22)25/h5-12H,1-4H3,(H,23,26). The van der Waals surface area contributed by atoms with Crippen LogP contribution >= 0.6 is 0 Å². The van der Waals surface area contributed by atoms with E-state index in [4.69, 9.17) is 9.47 Å². The van der Waals surface area contributed by atoms with Crippen molar-refractivity contribution in [2.24, 2.45) is 0 Å². The Balaban J connectivity index is 2.29. The van der Waals surface area contributed by atoms with Gasteiger partial charge in [0.25, 0.3) is 5.60 Å². The van der Waals surface area contributed by atoms with E-state index in [9.17, 15) is 19.2 Å². The Bertz CT molecular complexity index is 1010. The summed E-state index contributed by atoms with van der Waals surface area (Å²) in [6.07, 6.45) is -2.02. The number of rotatable bonds is 4. The van der Waals surface area contributed by atoms with Gasteiger partial charge in [-0.15, -0.1) is 0 Å². The van der Waals surface area contributed by atoms with Crippen LogP contribution in [0.3, 0.4) is 0 Å². The van der Waals surface area contributed by atoms with Crippen molar-refractivity contribution in [1.82, 2.24) is 5.32 Å². The monoisotopic (exact) mass is 411 g/mol. The molecule has 2 aromatic rings. The van der Waals surface area contributed by atoms with Gasteiger partial charge in [-0.1, -0.05) is 44.2 Å². The van der Waals surface area contributed by atoms with Crippen molar-refractivity contribution < 1.29 is 33.4 Å². The number of amides is 1. The van der Waals surface area contributed by atoms with E-state index in [0.717, 1.165) is 12.7 Å². The molecule has 1 N–H and O–H groups in total. The maximum atomic E-state index is 13.4. The average molecular weight is 411 g/mol. The van der Waals surface area contributed by atoms with Crippen LogP contribution < -0.4 is 10.1 Å². The molecule has 2 aromatic carbocycles. The summed E-state index contributed by atoms with van der Waals surface area (Å²) in [5, 5.41) is 2.26. The molecular formula is C22H21NO7. The summed E-state index contributed by atoms with van der Waals surface area (Å²) in [5.74, 6) is -1.49. The molecule has 3 rings (SSSR count). The molecule has 156 valence electrons. The highest BCUT2D eigenvalue weighted by atomic mass is 16.7. The summed E-state index contributed by atoms with van der Waals surface area (Å²) in [5.41, 5.74) is -1.38. The number of benzene rings is 2. The lowest BCUT2D eigenvalue weighted by atomic mass is 9.86. The van der Waals surface area contributed by atoms with Crippen molar-refractivity contribution in [1.29, 1.82) is 0 Å². The first kappa shape index (κ1) is 21.0. The summed E-state index contributed by atoms with van der Waals surface area (Å²) in [6.45, 7) is 3.85. The summed E-state index contributed by atoms with van der Waals surface area (Å²) in [4.78, 5) is 50.9. The molecule has 30 heavy (non-hydrogen) atoms. The molecule has 0 aliphatic heterocycles. The third-order valence-electron chi connectivity index (χ3n) is 4.92. The van der Waals surface area contributed by atoms with E-state index in [2.05, 4.69) is 10.1 Å². The summed E-state index contributed by atoms with van der Waals surface area (Å²) in [7, 11) is 2.44. The maximum Gasteiger partial charge on any atom is 0.513 e. The molecule has 1 aliphatic rings. The van der Waals surface area contributed by atoms with Crippen molar-refractivity contribution in [3.05, 3.63) is 64.7 Å². The normalized spacial score (nSPS) is 14.3. The first-order chi connectivity index (χ1) is 14.3. The number of fused-ring (bicyclic) bond motifs is 1. The fourth-order valence-corrected chi connectivity index (χ4v) is 3.35. The van der Waals surface area contributed by atoms with Gasteiger partial charge in [0.15, 0.2) is 0 Å². The molecule has 0 unspecified atom stereocenters. The molecule has 8 nitrogen and oxygen atoms in total. The molecule has 8 heteroatoms. The molecule has 0 saturated heterocycles. The highest BCUT2D eigenvalue weighted by molar-refractivity contribution is 6.32. The van der Waals surface area contributed by atoms with Crippen LogP contribution in [0.1, 0.15) is 51.6 Å². The Hall–Kier alpha value is -3.68. The Kier molecular flexibility index (Phi) is 5.60. The average Bonchev–Trinajstić information content (AvgIpc) is 2.96. The van der Waals surface area contributed by atoms with E-state index in [1.54, 1.807) is 18.2 Å². The van der Waals surface area contributed by atoms with Gasteiger partial charge in [0.05, 0.1) is 12.7 Å². The Morgan fingerprint density at radius 3 is 2.10 bits per heavy atom. The van der Waals surface area contributed by atoms with Crippen LogP contribution in [-0.4, -0.2) is 38.0 Å². The second-order valence-electron chi connectivity index (χ2n) is 6.99. The van der Waals surface area contributed by atoms with E-state index >= 15 is 0 Å². The molecule has 0 bridgehead atoms. The molecule has 0 saturated carbocycles. The highest BCUT2D eigenvalue weighted by Gasteiger charge is 2.59. The SMILES string of the molecule is CNC(=O)OC1(c2ccc(C(C)C)cc2OC(=O)OC)C(=O)c2ccccc2C1=O. The smallest absolute Gasteiger partial charge is 0.437 e. The first-order valence-corrected chi connectivity index (χ1v) is 9.25. The minimum atomic E-state index is -2.33. The number of hydrogen-bond donors (Lipinski definition) is 1. The number of ether oxygens (including phenoxy) is 3. The maximum absolute atomic E-state index is 13.4. The quantitative estimate of drug-likeness (QED) is 0.465. The van der Waals surface area contributed by atoms with Crippen LogP contribution in [0.25, 0.3) is 0 Å². The van der Waals surface area contributed by atoms with Crippen LogP contribution in [-0.2, 0) is 15.1 Å². The number of hydrogen-bond acceptors (Lipinski definition) is 7. The molecule has 0 atom stereocenters. The fraction of sp³-hybridized carbons (Fsp3) is 0.273. The Labute approximate surface area is 173 Å². The Morgan fingerprint density at radius 1 is 1.00 bits per heavy atom. The number of Topliss-reactive ketones (excluding diaryl/α,β-unsaturated/α-hetero) is 2. The van der Waals surface area contributed by atoms with E-state index in [1.165, 1.54) is 31.3 Å². The van der Waals surface area contributed by atoms with Gasteiger partial charge in [-0.2, -0.15) is 0 Å². The van der Waals surface area contributed by atoms with Crippen LogP contribution in [0.4, 0.5) is 9.59 Å². The molecule has 0 aromatic heterocycles. The van der Waals surface area contributed by atoms with Crippen LogP contribution in [0.5, 0.6) is 5.75 Å². The molecule has 0 radical (unpaired) electrons. The number of carbonyl (C=O) groups excluding carboxylic acids is 4. The minimum absolute atomic E-state index is 0.0574. The van der Waals surface area contributed by atoms with E-state index in [-0.39, 0.29) is 28.4 Å². The van der Waals surface area contributed by atoms with Gasteiger partial charge in [0.2, 0.25) is 11.6 Å². The van der Waals surface area contributed by atoms with Crippen molar-refractivity contribution in [2.45, 2.75) is 25.4 Å². The molecule has 0 spiro atoms.